The maximum Gasteiger partial charge on any atom is 0.417 e. The summed E-state index contributed by atoms with van der Waals surface area (Å²) >= 11 is 0. The van der Waals surface area contributed by atoms with Crippen molar-refractivity contribution < 1.29 is 27.6 Å². The van der Waals surface area contributed by atoms with Crippen molar-refractivity contribution in [3.63, 3.8) is 0 Å². The number of halogens is 3. The highest BCUT2D eigenvalue weighted by atomic mass is 19.4. The molecule has 4 rings (SSSR count). The summed E-state index contributed by atoms with van der Waals surface area (Å²) in [6.45, 7) is 1.91. The lowest BCUT2D eigenvalue weighted by molar-refractivity contribution is -0.137. The van der Waals surface area contributed by atoms with E-state index in [9.17, 15) is 27.6 Å². The van der Waals surface area contributed by atoms with Crippen molar-refractivity contribution in [2.24, 2.45) is 0 Å². The highest BCUT2D eigenvalue weighted by Crippen LogP contribution is 2.29. The van der Waals surface area contributed by atoms with Crippen LogP contribution in [0.1, 0.15) is 35.2 Å². The van der Waals surface area contributed by atoms with E-state index >= 15 is 0 Å². The fraction of sp³-hybridized carbons (Fsp3) is 0.364. The molecular weight excluding hydrogens is 425 g/mol. The van der Waals surface area contributed by atoms with E-state index in [2.05, 4.69) is 4.98 Å². The van der Waals surface area contributed by atoms with Crippen molar-refractivity contribution in [3.05, 3.63) is 53.7 Å². The first-order valence-corrected chi connectivity index (χ1v) is 10.3. The van der Waals surface area contributed by atoms with E-state index in [4.69, 9.17) is 0 Å². The van der Waals surface area contributed by atoms with Gasteiger partial charge in [0.15, 0.2) is 0 Å². The average Bonchev–Trinajstić information content (AvgIpc) is 2.97. The van der Waals surface area contributed by atoms with E-state index in [0.717, 1.165) is 17.2 Å². The Morgan fingerprint density at radius 3 is 2.16 bits per heavy atom. The van der Waals surface area contributed by atoms with E-state index in [1.807, 2.05) is 4.90 Å². The van der Waals surface area contributed by atoms with E-state index in [1.54, 1.807) is 29.2 Å². The van der Waals surface area contributed by atoms with E-state index in [0.29, 0.717) is 49.7 Å². The molecule has 3 heterocycles. The van der Waals surface area contributed by atoms with Gasteiger partial charge in [-0.05, 0) is 42.8 Å². The van der Waals surface area contributed by atoms with E-state index in [-0.39, 0.29) is 30.6 Å². The van der Waals surface area contributed by atoms with E-state index in [1.165, 1.54) is 6.07 Å². The summed E-state index contributed by atoms with van der Waals surface area (Å²) in [5.74, 6) is -0.244. The lowest BCUT2D eigenvalue weighted by Gasteiger charge is -2.23. The smallest absolute Gasteiger partial charge is 0.355 e. The fourth-order valence-electron chi connectivity index (χ4n) is 3.89. The lowest BCUT2D eigenvalue weighted by Crippen LogP contribution is -2.35. The minimum atomic E-state index is -4.43. The van der Waals surface area contributed by atoms with Crippen molar-refractivity contribution in [2.45, 2.75) is 25.4 Å². The number of alkyl halides is 3. The molecule has 7 nitrogen and oxygen atoms in total. The van der Waals surface area contributed by atoms with Crippen molar-refractivity contribution in [3.8, 4) is 0 Å². The quantitative estimate of drug-likeness (QED) is 0.678. The largest absolute Gasteiger partial charge is 0.417 e. The van der Waals surface area contributed by atoms with Crippen LogP contribution in [0.4, 0.5) is 24.7 Å². The van der Waals surface area contributed by atoms with Crippen molar-refractivity contribution >= 4 is 29.2 Å². The number of aromatic nitrogens is 1. The van der Waals surface area contributed by atoms with Crippen LogP contribution in [0, 0.1) is 0 Å². The van der Waals surface area contributed by atoms with Crippen LogP contribution in [-0.2, 0) is 15.8 Å². The molecule has 0 bridgehead atoms. The Balaban J connectivity index is 1.40. The fourth-order valence-corrected chi connectivity index (χ4v) is 3.89. The summed E-state index contributed by atoms with van der Waals surface area (Å²) in [7, 11) is 0. The van der Waals surface area contributed by atoms with Gasteiger partial charge in [0.25, 0.3) is 5.91 Å². The van der Waals surface area contributed by atoms with Gasteiger partial charge in [-0.15, -0.1) is 0 Å². The molecule has 3 amide bonds. The van der Waals surface area contributed by atoms with Crippen molar-refractivity contribution in [1.82, 2.24) is 9.88 Å². The average molecular weight is 446 g/mol. The number of amides is 3. The summed E-state index contributed by atoms with van der Waals surface area (Å²) in [6.07, 6.45) is -2.59. The minimum absolute atomic E-state index is 0.183. The first-order valence-electron chi connectivity index (χ1n) is 10.3. The van der Waals surface area contributed by atoms with Gasteiger partial charge in [-0.25, -0.2) is 4.98 Å². The Hall–Kier alpha value is -3.43. The normalized spacial score (nSPS) is 17.7. The maximum atomic E-state index is 12.9. The standard InChI is InChI=1S/C22H21F3N4O3/c23-22(24,25)16-4-7-18(26-14-16)27-10-1-11-28(13-12-27)21(32)15-2-5-17(6-3-15)29-19(30)8-9-20(29)31/h2-7,14H,1,8-13H2. The van der Waals surface area contributed by atoms with Gasteiger partial charge in [0.2, 0.25) is 11.8 Å². The third-order valence-corrected chi connectivity index (χ3v) is 5.61. The van der Waals surface area contributed by atoms with E-state index < -0.39 is 11.7 Å². The number of pyridine rings is 1. The summed E-state index contributed by atoms with van der Waals surface area (Å²) in [5, 5.41) is 0. The van der Waals surface area contributed by atoms with Crippen LogP contribution < -0.4 is 9.80 Å². The zero-order valence-corrected chi connectivity index (χ0v) is 17.1. The molecule has 0 aliphatic carbocycles. The first-order chi connectivity index (χ1) is 15.2. The molecule has 168 valence electrons. The van der Waals surface area contributed by atoms with Crippen LogP contribution in [0.5, 0.6) is 0 Å². The maximum absolute atomic E-state index is 12.9. The van der Waals surface area contributed by atoms with Crippen LogP contribution >= 0.6 is 0 Å². The van der Waals surface area contributed by atoms with Crippen LogP contribution in [0.25, 0.3) is 0 Å². The van der Waals surface area contributed by atoms with Crippen LogP contribution in [0.3, 0.4) is 0 Å². The highest BCUT2D eigenvalue weighted by Gasteiger charge is 2.32. The Morgan fingerprint density at radius 2 is 1.56 bits per heavy atom. The summed E-state index contributed by atoms with van der Waals surface area (Å²) in [6, 6.07) is 8.72. The minimum Gasteiger partial charge on any atom is -0.355 e. The van der Waals surface area contributed by atoms with Crippen molar-refractivity contribution in [2.75, 3.05) is 36.0 Å². The van der Waals surface area contributed by atoms with Crippen molar-refractivity contribution in [1.29, 1.82) is 0 Å². The molecule has 0 saturated carbocycles. The number of hydrogen-bond acceptors (Lipinski definition) is 5. The third-order valence-electron chi connectivity index (χ3n) is 5.61. The number of imide groups is 1. The molecule has 0 spiro atoms. The van der Waals surface area contributed by atoms with Crippen LogP contribution in [-0.4, -0.2) is 53.8 Å². The lowest BCUT2D eigenvalue weighted by atomic mass is 10.1. The molecule has 2 fully saturated rings. The van der Waals surface area contributed by atoms with Crippen LogP contribution in [0.2, 0.25) is 0 Å². The number of benzene rings is 1. The van der Waals surface area contributed by atoms with Gasteiger partial charge < -0.3 is 9.80 Å². The molecule has 0 atom stereocenters. The molecule has 0 radical (unpaired) electrons. The van der Waals surface area contributed by atoms with Gasteiger partial charge in [0.05, 0.1) is 11.3 Å². The molecule has 2 saturated heterocycles. The molecular formula is C22H21F3N4O3. The Kier molecular flexibility index (Phi) is 5.86. The predicted octanol–water partition coefficient (Wildman–Crippen LogP) is 3.11. The zero-order chi connectivity index (χ0) is 22.9. The first kappa shape index (κ1) is 21.8. The molecule has 2 aliphatic rings. The molecule has 1 aromatic carbocycles. The predicted molar refractivity (Wildman–Crippen MR) is 110 cm³/mol. The second-order valence-electron chi connectivity index (χ2n) is 7.71. The van der Waals surface area contributed by atoms with Gasteiger partial charge in [-0.3, -0.25) is 19.3 Å². The molecule has 32 heavy (non-hydrogen) atoms. The summed E-state index contributed by atoms with van der Waals surface area (Å²) < 4.78 is 38.2. The molecule has 2 aromatic rings. The van der Waals surface area contributed by atoms with Gasteiger partial charge in [0.1, 0.15) is 5.82 Å². The zero-order valence-electron chi connectivity index (χ0n) is 17.1. The van der Waals surface area contributed by atoms with Gasteiger partial charge in [-0.1, -0.05) is 0 Å². The van der Waals surface area contributed by atoms with Gasteiger partial charge in [0, 0.05) is 50.8 Å². The number of hydrogen-bond donors (Lipinski definition) is 0. The summed E-state index contributed by atoms with van der Waals surface area (Å²) in [5.41, 5.74) is 0.0899. The van der Waals surface area contributed by atoms with Gasteiger partial charge >= 0.3 is 6.18 Å². The third kappa shape index (κ3) is 4.44. The Labute approximate surface area is 182 Å². The number of nitrogens with zero attached hydrogens (tertiary/aromatic N) is 4. The molecule has 0 unspecified atom stereocenters. The SMILES string of the molecule is O=C(c1ccc(N2C(=O)CCC2=O)cc1)N1CCCN(c2ccc(C(F)(F)F)cn2)CC1. The second-order valence-corrected chi connectivity index (χ2v) is 7.71. The Bertz CT molecular complexity index is 1010. The summed E-state index contributed by atoms with van der Waals surface area (Å²) in [4.78, 5) is 45.3. The topological polar surface area (TPSA) is 73.8 Å². The number of rotatable bonds is 3. The molecule has 1 aromatic heterocycles. The monoisotopic (exact) mass is 446 g/mol. The van der Waals surface area contributed by atoms with Gasteiger partial charge in [-0.2, -0.15) is 13.2 Å². The molecule has 10 heteroatoms. The number of anilines is 2. The highest BCUT2D eigenvalue weighted by molar-refractivity contribution is 6.19. The Morgan fingerprint density at radius 1 is 0.875 bits per heavy atom. The molecule has 0 N–H and O–H groups in total. The number of carbonyl (C=O) groups is 3. The van der Waals surface area contributed by atoms with Crippen LogP contribution in [0.15, 0.2) is 42.6 Å². The molecule has 2 aliphatic heterocycles. The second kappa shape index (κ2) is 8.60. The number of carbonyl (C=O) groups excluding carboxylic acids is 3.